The predicted octanol–water partition coefficient (Wildman–Crippen LogP) is 1.68. The van der Waals surface area contributed by atoms with E-state index in [-0.39, 0.29) is 0 Å². The standard InChI is InChI=1S/C13H23N3O2/c1-11-8-16(9-12-4-3-6-18-10-12)13(15-11)14-5-7-17-2/h8,12H,3-7,9-10H2,1-2H3,(H,14,15). The van der Waals surface area contributed by atoms with Crippen molar-refractivity contribution in [2.24, 2.45) is 5.92 Å². The molecule has 5 nitrogen and oxygen atoms in total. The van der Waals surface area contributed by atoms with Crippen molar-refractivity contribution >= 4 is 5.95 Å². The fourth-order valence-electron chi connectivity index (χ4n) is 2.32. The van der Waals surface area contributed by atoms with Gasteiger partial charge in [-0.25, -0.2) is 4.98 Å². The molecule has 1 aliphatic heterocycles. The van der Waals surface area contributed by atoms with Gasteiger partial charge in [-0.1, -0.05) is 0 Å². The third-order valence-electron chi connectivity index (χ3n) is 3.20. The monoisotopic (exact) mass is 253 g/mol. The Morgan fingerprint density at radius 1 is 1.61 bits per heavy atom. The van der Waals surface area contributed by atoms with Crippen LogP contribution in [0.25, 0.3) is 0 Å². The van der Waals surface area contributed by atoms with Crippen molar-refractivity contribution in [3.05, 3.63) is 11.9 Å². The molecule has 1 aromatic heterocycles. The van der Waals surface area contributed by atoms with Crippen LogP contribution < -0.4 is 5.32 Å². The number of anilines is 1. The minimum Gasteiger partial charge on any atom is -0.383 e. The van der Waals surface area contributed by atoms with Crippen LogP contribution in [0.2, 0.25) is 0 Å². The zero-order valence-corrected chi connectivity index (χ0v) is 11.3. The Bertz CT molecular complexity index is 359. The summed E-state index contributed by atoms with van der Waals surface area (Å²) in [7, 11) is 1.71. The summed E-state index contributed by atoms with van der Waals surface area (Å²) in [6, 6.07) is 0. The lowest BCUT2D eigenvalue weighted by molar-refractivity contribution is 0.0485. The maximum Gasteiger partial charge on any atom is 0.203 e. The van der Waals surface area contributed by atoms with Gasteiger partial charge in [-0.15, -0.1) is 0 Å². The number of imidazole rings is 1. The first-order valence-corrected chi connectivity index (χ1v) is 6.64. The second kappa shape index (κ2) is 6.75. The Balaban J connectivity index is 1.93. The van der Waals surface area contributed by atoms with E-state index >= 15 is 0 Å². The molecule has 1 aromatic rings. The van der Waals surface area contributed by atoms with Crippen molar-refractivity contribution in [1.29, 1.82) is 0 Å². The minimum absolute atomic E-state index is 0.607. The third kappa shape index (κ3) is 3.71. The van der Waals surface area contributed by atoms with Gasteiger partial charge in [0, 0.05) is 38.9 Å². The molecule has 0 saturated carbocycles. The quantitative estimate of drug-likeness (QED) is 0.784. The summed E-state index contributed by atoms with van der Waals surface area (Å²) in [6.07, 6.45) is 4.52. The van der Waals surface area contributed by atoms with Gasteiger partial charge in [0.15, 0.2) is 0 Å². The molecule has 0 radical (unpaired) electrons. The van der Waals surface area contributed by atoms with Crippen molar-refractivity contribution < 1.29 is 9.47 Å². The summed E-state index contributed by atoms with van der Waals surface area (Å²) < 4.78 is 12.8. The van der Waals surface area contributed by atoms with Crippen molar-refractivity contribution in [3.8, 4) is 0 Å². The van der Waals surface area contributed by atoms with Gasteiger partial charge in [-0.3, -0.25) is 0 Å². The van der Waals surface area contributed by atoms with E-state index in [0.29, 0.717) is 12.5 Å². The molecule has 18 heavy (non-hydrogen) atoms. The van der Waals surface area contributed by atoms with Gasteiger partial charge in [0.2, 0.25) is 5.95 Å². The number of aromatic nitrogens is 2. The molecule has 2 rings (SSSR count). The third-order valence-corrected chi connectivity index (χ3v) is 3.20. The van der Waals surface area contributed by atoms with E-state index in [1.165, 1.54) is 12.8 Å². The number of hydrogen-bond donors (Lipinski definition) is 1. The smallest absolute Gasteiger partial charge is 0.203 e. The molecule has 0 aromatic carbocycles. The normalized spacial score (nSPS) is 20.0. The zero-order valence-electron chi connectivity index (χ0n) is 11.3. The lowest BCUT2D eigenvalue weighted by Crippen LogP contribution is -2.23. The van der Waals surface area contributed by atoms with E-state index in [1.807, 2.05) is 6.92 Å². The molecule has 0 spiro atoms. The van der Waals surface area contributed by atoms with Crippen LogP contribution in [0, 0.1) is 12.8 Å². The van der Waals surface area contributed by atoms with Crippen molar-refractivity contribution in [2.45, 2.75) is 26.3 Å². The molecule has 2 heterocycles. The summed E-state index contributed by atoms with van der Waals surface area (Å²) in [4.78, 5) is 4.50. The average Bonchev–Trinajstić information content (AvgIpc) is 2.71. The second-order valence-electron chi connectivity index (χ2n) is 4.86. The van der Waals surface area contributed by atoms with Crippen LogP contribution in [0.3, 0.4) is 0 Å². The Hall–Kier alpha value is -1.07. The first-order chi connectivity index (χ1) is 8.79. The SMILES string of the molecule is COCCNc1nc(C)cn1CC1CCCOC1. The van der Waals surface area contributed by atoms with Gasteiger partial charge in [-0.05, 0) is 19.8 Å². The summed E-state index contributed by atoms with van der Waals surface area (Å²) in [5.74, 6) is 1.55. The number of methoxy groups -OCH3 is 1. The summed E-state index contributed by atoms with van der Waals surface area (Å²) >= 11 is 0. The molecule has 0 aliphatic carbocycles. The lowest BCUT2D eigenvalue weighted by atomic mass is 10.0. The Morgan fingerprint density at radius 2 is 2.50 bits per heavy atom. The predicted molar refractivity (Wildman–Crippen MR) is 70.9 cm³/mol. The minimum atomic E-state index is 0.607. The first kappa shape index (κ1) is 13.4. The topological polar surface area (TPSA) is 48.3 Å². The number of nitrogens with one attached hydrogen (secondary N) is 1. The van der Waals surface area contributed by atoms with E-state index < -0.39 is 0 Å². The molecule has 1 unspecified atom stereocenters. The molecule has 102 valence electrons. The zero-order chi connectivity index (χ0) is 12.8. The Kier molecular flexibility index (Phi) is 5.01. The highest BCUT2D eigenvalue weighted by Crippen LogP contribution is 2.18. The van der Waals surface area contributed by atoms with Gasteiger partial charge in [0.05, 0.1) is 18.9 Å². The second-order valence-corrected chi connectivity index (χ2v) is 4.86. The fraction of sp³-hybridized carbons (Fsp3) is 0.769. The molecule has 1 saturated heterocycles. The number of nitrogens with zero attached hydrogens (tertiary/aromatic N) is 2. The van der Waals surface area contributed by atoms with E-state index in [1.54, 1.807) is 7.11 Å². The summed E-state index contributed by atoms with van der Waals surface area (Å²) in [5.41, 5.74) is 1.05. The Morgan fingerprint density at radius 3 is 3.22 bits per heavy atom. The van der Waals surface area contributed by atoms with Crippen LogP contribution in [0.5, 0.6) is 0 Å². The number of rotatable bonds is 6. The van der Waals surface area contributed by atoms with Gasteiger partial charge < -0.3 is 19.4 Å². The molecule has 5 heteroatoms. The van der Waals surface area contributed by atoms with Crippen molar-refractivity contribution in [2.75, 3.05) is 38.8 Å². The number of ether oxygens (including phenoxy) is 2. The summed E-state index contributed by atoms with van der Waals surface area (Å²) in [5, 5.41) is 3.31. The van der Waals surface area contributed by atoms with Crippen LogP contribution in [0.15, 0.2) is 6.20 Å². The maximum atomic E-state index is 5.53. The van der Waals surface area contributed by atoms with Crippen LogP contribution in [-0.4, -0.2) is 43.0 Å². The van der Waals surface area contributed by atoms with E-state index in [0.717, 1.165) is 37.9 Å². The molecule has 0 amide bonds. The molecule has 1 aliphatic rings. The lowest BCUT2D eigenvalue weighted by Gasteiger charge is -2.23. The van der Waals surface area contributed by atoms with Gasteiger partial charge >= 0.3 is 0 Å². The molecular weight excluding hydrogens is 230 g/mol. The van der Waals surface area contributed by atoms with E-state index in [9.17, 15) is 0 Å². The van der Waals surface area contributed by atoms with Crippen molar-refractivity contribution in [3.63, 3.8) is 0 Å². The largest absolute Gasteiger partial charge is 0.383 e. The van der Waals surface area contributed by atoms with Crippen molar-refractivity contribution in [1.82, 2.24) is 9.55 Å². The number of hydrogen-bond acceptors (Lipinski definition) is 4. The number of aryl methyl sites for hydroxylation is 1. The van der Waals surface area contributed by atoms with Gasteiger partial charge in [0.1, 0.15) is 0 Å². The molecular formula is C13H23N3O2. The Labute approximate surface area is 108 Å². The van der Waals surface area contributed by atoms with E-state index in [4.69, 9.17) is 9.47 Å². The molecule has 1 atom stereocenters. The molecule has 1 fully saturated rings. The van der Waals surface area contributed by atoms with Crippen LogP contribution >= 0.6 is 0 Å². The molecule has 1 N–H and O–H groups in total. The van der Waals surface area contributed by atoms with Crippen LogP contribution in [0.4, 0.5) is 5.95 Å². The highest BCUT2D eigenvalue weighted by atomic mass is 16.5. The highest BCUT2D eigenvalue weighted by Gasteiger charge is 2.16. The van der Waals surface area contributed by atoms with Crippen LogP contribution in [-0.2, 0) is 16.0 Å². The highest BCUT2D eigenvalue weighted by molar-refractivity contribution is 5.28. The average molecular weight is 253 g/mol. The van der Waals surface area contributed by atoms with Gasteiger partial charge in [-0.2, -0.15) is 0 Å². The summed E-state index contributed by atoms with van der Waals surface area (Å²) in [6.45, 7) is 6.27. The van der Waals surface area contributed by atoms with Crippen LogP contribution in [0.1, 0.15) is 18.5 Å². The van der Waals surface area contributed by atoms with E-state index in [2.05, 4.69) is 21.1 Å². The fourth-order valence-corrected chi connectivity index (χ4v) is 2.32. The van der Waals surface area contributed by atoms with Gasteiger partial charge in [0.25, 0.3) is 0 Å². The maximum absolute atomic E-state index is 5.53. The first-order valence-electron chi connectivity index (χ1n) is 6.64. The molecule has 0 bridgehead atoms.